The van der Waals surface area contributed by atoms with Gasteiger partial charge in [0, 0.05) is 12.6 Å². The van der Waals surface area contributed by atoms with Crippen molar-refractivity contribution in [2.24, 2.45) is 5.73 Å². The highest BCUT2D eigenvalue weighted by molar-refractivity contribution is 5.94. The molecule has 5 heteroatoms. The molecule has 0 radical (unpaired) electrons. The molecule has 3 N–H and O–H groups in total. The van der Waals surface area contributed by atoms with Crippen molar-refractivity contribution >= 4 is 5.91 Å². The number of carbonyl (C=O) groups excluding carboxylic acids is 1. The lowest BCUT2D eigenvalue weighted by Crippen LogP contribution is -2.29. The number of benzene rings is 1. The average molecular weight is 228 g/mol. The molecule has 1 amide bonds. The minimum Gasteiger partial charge on any atom is -0.352 e. The maximum absolute atomic E-state index is 13.2. The van der Waals surface area contributed by atoms with Crippen LogP contribution in [0.1, 0.15) is 23.7 Å². The number of hydrogen-bond acceptors (Lipinski definition) is 2. The van der Waals surface area contributed by atoms with Gasteiger partial charge in [-0.2, -0.15) is 0 Å². The molecule has 0 fully saturated rings. The first kappa shape index (κ1) is 12.6. The van der Waals surface area contributed by atoms with E-state index < -0.39 is 17.5 Å². The van der Waals surface area contributed by atoms with Crippen molar-refractivity contribution < 1.29 is 13.6 Å². The van der Waals surface area contributed by atoms with Crippen LogP contribution in [-0.4, -0.2) is 18.5 Å². The zero-order valence-electron chi connectivity index (χ0n) is 8.97. The van der Waals surface area contributed by atoms with Crippen molar-refractivity contribution in [1.29, 1.82) is 0 Å². The van der Waals surface area contributed by atoms with E-state index in [9.17, 15) is 13.6 Å². The van der Waals surface area contributed by atoms with E-state index in [1.165, 1.54) is 0 Å². The molecule has 0 aliphatic carbocycles. The van der Waals surface area contributed by atoms with Gasteiger partial charge >= 0.3 is 0 Å². The molecule has 1 rings (SSSR count). The number of nitrogens with two attached hydrogens (primary N) is 1. The van der Waals surface area contributed by atoms with Gasteiger partial charge in [0.2, 0.25) is 0 Å². The van der Waals surface area contributed by atoms with Crippen molar-refractivity contribution in [2.45, 2.75) is 19.4 Å². The van der Waals surface area contributed by atoms with E-state index in [2.05, 4.69) is 5.32 Å². The van der Waals surface area contributed by atoms with Crippen molar-refractivity contribution in [3.63, 3.8) is 0 Å². The summed E-state index contributed by atoms with van der Waals surface area (Å²) >= 11 is 0. The Balaban J connectivity index is 2.62. The summed E-state index contributed by atoms with van der Waals surface area (Å²) in [5.41, 5.74) is 5.20. The van der Waals surface area contributed by atoms with Gasteiger partial charge < -0.3 is 11.1 Å². The van der Waals surface area contributed by atoms with Crippen LogP contribution in [0.3, 0.4) is 0 Å². The fourth-order valence-electron chi connectivity index (χ4n) is 1.18. The number of nitrogens with one attached hydrogen (secondary N) is 1. The largest absolute Gasteiger partial charge is 0.352 e. The second-order valence-corrected chi connectivity index (χ2v) is 3.65. The van der Waals surface area contributed by atoms with Crippen LogP contribution in [0, 0.1) is 11.6 Å². The van der Waals surface area contributed by atoms with Gasteiger partial charge in [0.1, 0.15) is 11.6 Å². The van der Waals surface area contributed by atoms with Crippen LogP contribution in [0.15, 0.2) is 18.2 Å². The molecule has 1 atom stereocenters. The molecule has 3 nitrogen and oxygen atoms in total. The van der Waals surface area contributed by atoms with Crippen LogP contribution < -0.4 is 11.1 Å². The maximum Gasteiger partial charge on any atom is 0.254 e. The third-order valence-corrected chi connectivity index (χ3v) is 2.06. The Labute approximate surface area is 92.6 Å². The Hall–Kier alpha value is -1.49. The second kappa shape index (κ2) is 5.55. The summed E-state index contributed by atoms with van der Waals surface area (Å²) in [7, 11) is 0. The Morgan fingerprint density at radius 2 is 2.19 bits per heavy atom. The van der Waals surface area contributed by atoms with Gasteiger partial charge in [-0.05, 0) is 31.5 Å². The Kier molecular flexibility index (Phi) is 4.37. The Bertz CT molecular complexity index is 380. The van der Waals surface area contributed by atoms with E-state index in [4.69, 9.17) is 5.73 Å². The molecule has 0 aliphatic rings. The van der Waals surface area contributed by atoms with Crippen molar-refractivity contribution in [3.05, 3.63) is 35.4 Å². The van der Waals surface area contributed by atoms with Crippen molar-refractivity contribution in [3.8, 4) is 0 Å². The van der Waals surface area contributed by atoms with Crippen LogP contribution in [0.5, 0.6) is 0 Å². The minimum atomic E-state index is -0.736. The summed E-state index contributed by atoms with van der Waals surface area (Å²) in [5, 5.41) is 2.47. The third kappa shape index (κ3) is 3.58. The van der Waals surface area contributed by atoms with Crippen molar-refractivity contribution in [1.82, 2.24) is 5.32 Å². The molecule has 0 saturated heterocycles. The van der Waals surface area contributed by atoms with Crippen LogP contribution in [0.2, 0.25) is 0 Å². The first-order valence-corrected chi connectivity index (χ1v) is 4.99. The van der Waals surface area contributed by atoms with Gasteiger partial charge in [-0.1, -0.05) is 0 Å². The highest BCUT2D eigenvalue weighted by Gasteiger charge is 2.12. The first-order valence-electron chi connectivity index (χ1n) is 4.99. The summed E-state index contributed by atoms with van der Waals surface area (Å²) in [6.45, 7) is 2.14. The highest BCUT2D eigenvalue weighted by atomic mass is 19.1. The summed E-state index contributed by atoms with van der Waals surface area (Å²) < 4.78 is 25.9. The molecule has 0 saturated carbocycles. The van der Waals surface area contributed by atoms with Crippen LogP contribution in [0.4, 0.5) is 8.78 Å². The molecule has 0 spiro atoms. The number of amides is 1. The Morgan fingerprint density at radius 1 is 1.50 bits per heavy atom. The van der Waals surface area contributed by atoms with E-state index in [0.717, 1.165) is 18.2 Å². The van der Waals surface area contributed by atoms with Gasteiger partial charge in [0.05, 0.1) is 5.56 Å². The molecule has 0 aliphatic heterocycles. The van der Waals surface area contributed by atoms with Gasteiger partial charge in [-0.3, -0.25) is 4.79 Å². The van der Waals surface area contributed by atoms with Gasteiger partial charge in [-0.15, -0.1) is 0 Å². The molecule has 88 valence electrons. The lowest BCUT2D eigenvalue weighted by Gasteiger charge is -2.07. The molecule has 1 aromatic rings. The van der Waals surface area contributed by atoms with Gasteiger partial charge in [0.15, 0.2) is 0 Å². The molecule has 0 bridgehead atoms. The third-order valence-electron chi connectivity index (χ3n) is 2.06. The van der Waals surface area contributed by atoms with E-state index in [0.29, 0.717) is 13.0 Å². The predicted molar refractivity (Wildman–Crippen MR) is 57.0 cm³/mol. The molecule has 1 unspecified atom stereocenters. The zero-order valence-corrected chi connectivity index (χ0v) is 8.97. The van der Waals surface area contributed by atoms with E-state index in [1.54, 1.807) is 6.92 Å². The smallest absolute Gasteiger partial charge is 0.254 e. The van der Waals surface area contributed by atoms with Gasteiger partial charge in [-0.25, -0.2) is 8.78 Å². The summed E-state index contributed by atoms with van der Waals surface area (Å²) in [4.78, 5) is 11.4. The molecule has 16 heavy (non-hydrogen) atoms. The number of hydrogen-bond donors (Lipinski definition) is 2. The van der Waals surface area contributed by atoms with Crippen LogP contribution >= 0.6 is 0 Å². The second-order valence-electron chi connectivity index (χ2n) is 3.65. The van der Waals surface area contributed by atoms with Crippen LogP contribution in [-0.2, 0) is 0 Å². The topological polar surface area (TPSA) is 55.1 Å². The fourth-order valence-corrected chi connectivity index (χ4v) is 1.18. The number of rotatable bonds is 4. The monoisotopic (exact) mass is 228 g/mol. The average Bonchev–Trinajstić information content (AvgIpc) is 2.21. The lowest BCUT2D eigenvalue weighted by atomic mass is 10.2. The summed E-state index contributed by atoms with van der Waals surface area (Å²) in [6, 6.07) is 2.72. The van der Waals surface area contributed by atoms with E-state index in [-0.39, 0.29) is 11.6 Å². The molecule has 0 heterocycles. The number of halogens is 2. The molecule has 1 aromatic carbocycles. The lowest BCUT2D eigenvalue weighted by molar-refractivity contribution is 0.0948. The minimum absolute atomic E-state index is 0.0438. The zero-order chi connectivity index (χ0) is 12.1. The number of carbonyl (C=O) groups is 1. The summed E-state index contributed by atoms with van der Waals surface area (Å²) in [6.07, 6.45) is 0.586. The predicted octanol–water partition coefficient (Wildman–Crippen LogP) is 1.43. The Morgan fingerprint density at radius 3 is 2.81 bits per heavy atom. The first-order chi connectivity index (χ1) is 7.50. The quantitative estimate of drug-likeness (QED) is 0.819. The maximum atomic E-state index is 13.2. The molecular formula is C11H14F2N2O. The molecule has 0 aromatic heterocycles. The van der Waals surface area contributed by atoms with Crippen LogP contribution in [0.25, 0.3) is 0 Å². The fraction of sp³-hybridized carbons (Fsp3) is 0.364. The van der Waals surface area contributed by atoms with Crippen molar-refractivity contribution in [2.75, 3.05) is 6.54 Å². The normalized spacial score (nSPS) is 12.2. The SMILES string of the molecule is CC(N)CCNC(=O)c1cc(F)ccc1F. The summed E-state index contributed by atoms with van der Waals surface area (Å²) in [5.74, 6) is -2.00. The molecular weight excluding hydrogens is 214 g/mol. The van der Waals surface area contributed by atoms with Gasteiger partial charge in [0.25, 0.3) is 5.91 Å². The highest BCUT2D eigenvalue weighted by Crippen LogP contribution is 2.09. The van der Waals surface area contributed by atoms with E-state index >= 15 is 0 Å². The van der Waals surface area contributed by atoms with E-state index in [1.807, 2.05) is 0 Å². The standard InChI is InChI=1S/C11H14F2N2O/c1-7(14)4-5-15-11(16)9-6-8(12)2-3-10(9)13/h2-3,6-7H,4-5,14H2,1H3,(H,15,16).